The summed E-state index contributed by atoms with van der Waals surface area (Å²) in [4.78, 5) is 16.1. The van der Waals surface area contributed by atoms with Crippen molar-refractivity contribution >= 4 is 85.0 Å². The molecule has 0 aliphatic heterocycles. The molecule has 16 rings (SSSR count). The molecule has 76 heavy (non-hydrogen) atoms. The number of nitrogens with zero attached hydrogens (tertiary/aromatic N) is 3. The predicted octanol–water partition coefficient (Wildman–Crippen LogP) is 19.2. The van der Waals surface area contributed by atoms with Crippen molar-refractivity contribution in [3.63, 3.8) is 0 Å². The largest absolute Gasteiger partial charge is 0.456 e. The van der Waals surface area contributed by atoms with Crippen molar-refractivity contribution in [2.45, 2.75) is 5.41 Å². The van der Waals surface area contributed by atoms with Gasteiger partial charge in [-0.25, -0.2) is 15.0 Å². The Labute approximate surface area is 445 Å². The van der Waals surface area contributed by atoms with Gasteiger partial charge in [0, 0.05) is 67.8 Å². The van der Waals surface area contributed by atoms with Crippen LogP contribution in [0.1, 0.15) is 22.3 Å². The zero-order chi connectivity index (χ0) is 49.9. The number of furan rings is 1. The highest BCUT2D eigenvalue weighted by atomic mass is 32.1. The van der Waals surface area contributed by atoms with Gasteiger partial charge in [0.05, 0.1) is 5.41 Å². The topological polar surface area (TPSA) is 51.8 Å². The minimum atomic E-state index is -0.461. The molecule has 4 aromatic heterocycles. The fourth-order valence-electron chi connectivity index (χ4n) is 12.3. The number of benzene rings is 11. The van der Waals surface area contributed by atoms with Crippen LogP contribution in [0.2, 0.25) is 0 Å². The molecule has 4 nitrogen and oxygen atoms in total. The van der Waals surface area contributed by atoms with Gasteiger partial charge in [0.15, 0.2) is 17.5 Å². The van der Waals surface area contributed by atoms with E-state index in [0.717, 1.165) is 55.1 Å². The van der Waals surface area contributed by atoms with E-state index in [4.69, 9.17) is 19.4 Å². The second kappa shape index (κ2) is 16.8. The Hall–Kier alpha value is -9.33. The molecule has 1 aliphatic carbocycles. The number of hydrogen-bond donors (Lipinski definition) is 0. The van der Waals surface area contributed by atoms with Crippen LogP contribution >= 0.6 is 22.7 Å². The van der Waals surface area contributed by atoms with Crippen LogP contribution in [-0.2, 0) is 5.41 Å². The van der Waals surface area contributed by atoms with Crippen molar-refractivity contribution in [1.82, 2.24) is 15.0 Å². The fraction of sp³-hybridized carbons (Fsp3) is 0.0143. The van der Waals surface area contributed by atoms with E-state index in [1.54, 1.807) is 22.7 Å². The molecule has 11 aromatic carbocycles. The monoisotopic (exact) mass is 1000 g/mol. The van der Waals surface area contributed by atoms with E-state index in [9.17, 15) is 0 Å². The van der Waals surface area contributed by atoms with Crippen LogP contribution in [0, 0.1) is 0 Å². The van der Waals surface area contributed by atoms with Crippen LogP contribution < -0.4 is 0 Å². The Morgan fingerprint density at radius 1 is 0.303 bits per heavy atom. The van der Waals surface area contributed by atoms with Crippen molar-refractivity contribution in [3.05, 3.63) is 271 Å². The average Bonchev–Trinajstić information content (AvgIpc) is 4.39. The Bertz CT molecular complexity index is 4780. The van der Waals surface area contributed by atoms with Crippen LogP contribution in [0.25, 0.3) is 130 Å². The SMILES string of the molecule is c1ccc(C2(c3ccccc3)c3ccccc3-c3c(-c4ccc(-c5ccc6oc7cccc(-c8nc(-c9ccc%10c(c9)sc9ccccc9%10)nc(-c9cccc%10sc%11ccccc%11c9%10)n8)c7c6c5)cc4)cccc32)cc1. The lowest BCUT2D eigenvalue weighted by atomic mass is 9.67. The second-order valence-electron chi connectivity index (χ2n) is 19.7. The predicted molar refractivity (Wildman–Crippen MR) is 317 cm³/mol. The molecule has 15 aromatic rings. The van der Waals surface area contributed by atoms with Crippen LogP contribution in [0.4, 0.5) is 0 Å². The summed E-state index contributed by atoms with van der Waals surface area (Å²) in [6.07, 6.45) is 0. The summed E-state index contributed by atoms with van der Waals surface area (Å²) in [5.74, 6) is 1.85. The fourth-order valence-corrected chi connectivity index (χ4v) is 14.6. The summed E-state index contributed by atoms with van der Waals surface area (Å²) in [7, 11) is 0. The molecule has 0 saturated carbocycles. The highest BCUT2D eigenvalue weighted by Crippen LogP contribution is 2.58. The minimum absolute atomic E-state index is 0.461. The number of thiophene rings is 2. The van der Waals surface area contributed by atoms with Gasteiger partial charge in [-0.1, -0.05) is 206 Å². The molecule has 0 fully saturated rings. The van der Waals surface area contributed by atoms with Crippen LogP contribution in [0.15, 0.2) is 253 Å². The molecule has 0 N–H and O–H groups in total. The third-order valence-electron chi connectivity index (χ3n) is 15.7. The molecule has 4 heterocycles. The maximum atomic E-state index is 6.67. The summed E-state index contributed by atoms with van der Waals surface area (Å²) < 4.78 is 11.6. The first-order chi connectivity index (χ1) is 37.7. The zero-order valence-corrected chi connectivity index (χ0v) is 42.4. The van der Waals surface area contributed by atoms with Gasteiger partial charge < -0.3 is 4.42 Å². The summed E-state index contributed by atoms with van der Waals surface area (Å²) in [5.41, 5.74) is 16.2. The quantitative estimate of drug-likeness (QED) is 0.160. The van der Waals surface area contributed by atoms with Crippen LogP contribution in [0.3, 0.4) is 0 Å². The molecule has 0 amide bonds. The van der Waals surface area contributed by atoms with Gasteiger partial charge in [0.2, 0.25) is 0 Å². The van der Waals surface area contributed by atoms with E-state index in [1.165, 1.54) is 79.5 Å². The van der Waals surface area contributed by atoms with Crippen molar-refractivity contribution < 1.29 is 4.42 Å². The summed E-state index contributed by atoms with van der Waals surface area (Å²) >= 11 is 3.59. The van der Waals surface area contributed by atoms with Gasteiger partial charge >= 0.3 is 0 Å². The van der Waals surface area contributed by atoms with Gasteiger partial charge in [0.25, 0.3) is 0 Å². The maximum Gasteiger partial charge on any atom is 0.164 e. The van der Waals surface area contributed by atoms with Gasteiger partial charge in [0.1, 0.15) is 11.2 Å². The first kappa shape index (κ1) is 43.1. The van der Waals surface area contributed by atoms with Crippen LogP contribution in [0.5, 0.6) is 0 Å². The average molecular weight is 1000 g/mol. The Kier molecular flexibility index (Phi) is 9.56. The lowest BCUT2D eigenvalue weighted by Crippen LogP contribution is -2.28. The maximum absolute atomic E-state index is 6.67. The molecule has 6 heteroatoms. The number of fused-ring (bicyclic) bond motifs is 12. The Morgan fingerprint density at radius 2 is 0.842 bits per heavy atom. The first-order valence-electron chi connectivity index (χ1n) is 25.6. The third kappa shape index (κ3) is 6.45. The number of aromatic nitrogens is 3. The first-order valence-corrected chi connectivity index (χ1v) is 27.3. The van der Waals surface area contributed by atoms with E-state index in [0.29, 0.717) is 17.5 Å². The standard InChI is InChI=1S/C70H41N3OS2/c1-3-16-46(17-4-1)70(47-18-5-2-6-19-47)56-26-10-7-21-51(56)64-48(23-13-27-57(64)70)43-34-32-42(33-35-43)44-37-39-58-55(40-44)65-53(24-14-28-59(65)74-58)68-71-67(45-36-38-50-49-20-8-11-29-60(49)76-63(50)41-45)72-69(73-68)54-25-15-31-62-66(54)52-22-9-12-30-61(52)75-62/h1-41H. The van der Waals surface area contributed by atoms with Gasteiger partial charge in [-0.05, 0) is 98.1 Å². The lowest BCUT2D eigenvalue weighted by Gasteiger charge is -2.34. The summed E-state index contributed by atoms with van der Waals surface area (Å²) in [6.45, 7) is 0. The number of rotatable bonds is 7. The van der Waals surface area contributed by atoms with Crippen molar-refractivity contribution in [2.24, 2.45) is 0 Å². The van der Waals surface area contributed by atoms with E-state index in [2.05, 4.69) is 237 Å². The smallest absolute Gasteiger partial charge is 0.164 e. The molecular weight excluding hydrogens is 963 g/mol. The second-order valence-corrected chi connectivity index (χ2v) is 21.9. The molecule has 0 saturated heterocycles. The van der Waals surface area contributed by atoms with Crippen molar-refractivity contribution in [1.29, 1.82) is 0 Å². The zero-order valence-electron chi connectivity index (χ0n) is 40.7. The van der Waals surface area contributed by atoms with E-state index in [-0.39, 0.29) is 0 Å². The molecule has 0 spiro atoms. The number of hydrogen-bond acceptors (Lipinski definition) is 6. The highest BCUT2D eigenvalue weighted by Gasteiger charge is 2.46. The highest BCUT2D eigenvalue weighted by molar-refractivity contribution is 7.26. The molecule has 0 atom stereocenters. The molecule has 0 bridgehead atoms. The van der Waals surface area contributed by atoms with E-state index in [1.807, 2.05) is 12.1 Å². The summed E-state index contributed by atoms with van der Waals surface area (Å²) in [5, 5.41) is 6.82. The van der Waals surface area contributed by atoms with E-state index >= 15 is 0 Å². The third-order valence-corrected chi connectivity index (χ3v) is 17.9. The van der Waals surface area contributed by atoms with Crippen molar-refractivity contribution in [3.8, 4) is 67.5 Å². The molecular formula is C70H41N3OS2. The normalized spacial score (nSPS) is 12.8. The molecule has 0 radical (unpaired) electrons. The minimum Gasteiger partial charge on any atom is -0.456 e. The molecule has 354 valence electrons. The van der Waals surface area contributed by atoms with Crippen LogP contribution in [-0.4, -0.2) is 15.0 Å². The Balaban J connectivity index is 0.835. The lowest BCUT2D eigenvalue weighted by molar-refractivity contribution is 0.669. The Morgan fingerprint density at radius 3 is 1.63 bits per heavy atom. The van der Waals surface area contributed by atoms with E-state index < -0.39 is 5.41 Å². The van der Waals surface area contributed by atoms with Gasteiger partial charge in [-0.2, -0.15) is 0 Å². The van der Waals surface area contributed by atoms with Crippen molar-refractivity contribution in [2.75, 3.05) is 0 Å². The van der Waals surface area contributed by atoms with Gasteiger partial charge in [-0.3, -0.25) is 0 Å². The molecule has 1 aliphatic rings. The molecule has 0 unspecified atom stereocenters. The summed E-state index contributed by atoms with van der Waals surface area (Å²) in [6, 6.07) is 89.9. The van der Waals surface area contributed by atoms with Gasteiger partial charge in [-0.15, -0.1) is 22.7 Å².